The lowest BCUT2D eigenvalue weighted by molar-refractivity contribution is 0.168. The highest BCUT2D eigenvalue weighted by Gasteiger charge is 2.17. The van der Waals surface area contributed by atoms with Gasteiger partial charge < -0.3 is 9.72 Å². The molecule has 5 nitrogen and oxygen atoms in total. The summed E-state index contributed by atoms with van der Waals surface area (Å²) in [5.41, 5.74) is 3.94. The SMILES string of the molecule is CCOC(=O)Nc1ccccc1-c1cc2c([nH]c1=O)CCC2. The topological polar surface area (TPSA) is 71.2 Å². The van der Waals surface area contributed by atoms with Crippen molar-refractivity contribution in [1.29, 1.82) is 0 Å². The molecule has 0 spiro atoms. The lowest BCUT2D eigenvalue weighted by atomic mass is 10.0. The number of fused-ring (bicyclic) bond motifs is 1. The van der Waals surface area contributed by atoms with Gasteiger partial charge in [-0.25, -0.2) is 4.79 Å². The first kappa shape index (κ1) is 14.4. The summed E-state index contributed by atoms with van der Waals surface area (Å²) in [6.07, 6.45) is 2.45. The number of para-hydroxylation sites is 1. The van der Waals surface area contributed by atoms with Gasteiger partial charge in [-0.1, -0.05) is 18.2 Å². The van der Waals surface area contributed by atoms with Gasteiger partial charge in [-0.15, -0.1) is 0 Å². The number of hydrogen-bond donors (Lipinski definition) is 2. The fourth-order valence-electron chi connectivity index (χ4n) is 2.82. The highest BCUT2D eigenvalue weighted by molar-refractivity contribution is 5.91. The van der Waals surface area contributed by atoms with Crippen molar-refractivity contribution in [3.63, 3.8) is 0 Å². The number of anilines is 1. The molecule has 1 aromatic carbocycles. The molecule has 0 bridgehead atoms. The van der Waals surface area contributed by atoms with E-state index in [2.05, 4.69) is 10.3 Å². The maximum atomic E-state index is 12.3. The first-order valence-corrected chi connectivity index (χ1v) is 7.47. The molecule has 1 aliphatic rings. The molecule has 0 aliphatic heterocycles. The lowest BCUT2D eigenvalue weighted by Gasteiger charge is -2.11. The maximum Gasteiger partial charge on any atom is 0.411 e. The molecule has 2 N–H and O–H groups in total. The fourth-order valence-corrected chi connectivity index (χ4v) is 2.82. The number of aromatic nitrogens is 1. The third-order valence-electron chi connectivity index (χ3n) is 3.82. The molecule has 1 heterocycles. The quantitative estimate of drug-likeness (QED) is 0.914. The zero-order valence-electron chi connectivity index (χ0n) is 12.4. The summed E-state index contributed by atoms with van der Waals surface area (Å²) in [5.74, 6) is 0. The van der Waals surface area contributed by atoms with E-state index >= 15 is 0 Å². The Balaban J connectivity index is 2.02. The molecule has 114 valence electrons. The van der Waals surface area contributed by atoms with Crippen LogP contribution in [-0.2, 0) is 17.6 Å². The van der Waals surface area contributed by atoms with Crippen LogP contribution in [0.25, 0.3) is 11.1 Å². The largest absolute Gasteiger partial charge is 0.450 e. The Kier molecular flexibility index (Phi) is 3.96. The van der Waals surface area contributed by atoms with Gasteiger partial charge in [-0.05, 0) is 43.9 Å². The number of pyridine rings is 1. The minimum Gasteiger partial charge on any atom is -0.450 e. The summed E-state index contributed by atoms with van der Waals surface area (Å²) >= 11 is 0. The van der Waals surface area contributed by atoms with E-state index in [9.17, 15) is 9.59 Å². The maximum absolute atomic E-state index is 12.3. The van der Waals surface area contributed by atoms with Gasteiger partial charge in [-0.2, -0.15) is 0 Å². The molecule has 0 fully saturated rings. The van der Waals surface area contributed by atoms with E-state index in [-0.39, 0.29) is 5.56 Å². The number of nitrogens with one attached hydrogen (secondary N) is 2. The van der Waals surface area contributed by atoms with Crippen LogP contribution in [0.4, 0.5) is 10.5 Å². The van der Waals surface area contributed by atoms with Crippen LogP contribution in [0.2, 0.25) is 0 Å². The lowest BCUT2D eigenvalue weighted by Crippen LogP contribution is -2.16. The molecule has 0 unspecified atom stereocenters. The minimum atomic E-state index is -0.521. The summed E-state index contributed by atoms with van der Waals surface area (Å²) < 4.78 is 4.90. The molecule has 5 heteroatoms. The van der Waals surface area contributed by atoms with E-state index in [1.54, 1.807) is 13.0 Å². The number of benzene rings is 1. The minimum absolute atomic E-state index is 0.126. The molecule has 0 radical (unpaired) electrons. The molecule has 1 amide bonds. The van der Waals surface area contributed by atoms with E-state index in [1.165, 1.54) is 5.56 Å². The van der Waals surface area contributed by atoms with Crippen LogP contribution < -0.4 is 10.9 Å². The summed E-state index contributed by atoms with van der Waals surface area (Å²) in [7, 11) is 0. The van der Waals surface area contributed by atoms with Crippen molar-refractivity contribution in [3.8, 4) is 11.1 Å². The van der Waals surface area contributed by atoms with Crippen molar-refractivity contribution < 1.29 is 9.53 Å². The zero-order chi connectivity index (χ0) is 15.5. The monoisotopic (exact) mass is 298 g/mol. The molecule has 3 rings (SSSR count). The standard InChI is InChI=1S/C17H18N2O3/c1-2-22-17(21)19-15-8-4-3-7-12(15)13-10-11-6-5-9-14(11)18-16(13)20/h3-4,7-8,10H,2,5-6,9H2,1H3,(H,18,20)(H,19,21). The van der Waals surface area contributed by atoms with Gasteiger partial charge in [0.15, 0.2) is 0 Å². The second-order valence-electron chi connectivity index (χ2n) is 5.26. The summed E-state index contributed by atoms with van der Waals surface area (Å²) in [5, 5.41) is 2.69. The Hall–Kier alpha value is -2.56. The number of H-pyrrole nitrogens is 1. The van der Waals surface area contributed by atoms with E-state index in [0.29, 0.717) is 23.4 Å². The van der Waals surface area contributed by atoms with Gasteiger partial charge in [0.1, 0.15) is 0 Å². The van der Waals surface area contributed by atoms with Crippen molar-refractivity contribution >= 4 is 11.8 Å². The number of carbonyl (C=O) groups is 1. The average Bonchev–Trinajstić information content (AvgIpc) is 2.94. The van der Waals surface area contributed by atoms with Crippen molar-refractivity contribution in [2.45, 2.75) is 26.2 Å². The smallest absolute Gasteiger partial charge is 0.411 e. The molecule has 2 aromatic rings. The van der Waals surface area contributed by atoms with Gasteiger partial charge in [0.25, 0.3) is 5.56 Å². The molecular weight excluding hydrogens is 280 g/mol. The number of hydrogen-bond acceptors (Lipinski definition) is 3. The fraction of sp³-hybridized carbons (Fsp3) is 0.294. The van der Waals surface area contributed by atoms with Gasteiger partial charge in [-0.3, -0.25) is 10.1 Å². The molecule has 1 aliphatic carbocycles. The molecule has 0 atom stereocenters. The molecule has 22 heavy (non-hydrogen) atoms. The predicted molar refractivity (Wildman–Crippen MR) is 85.2 cm³/mol. The second kappa shape index (κ2) is 6.05. The van der Waals surface area contributed by atoms with Crippen LogP contribution in [0.1, 0.15) is 24.6 Å². The summed E-state index contributed by atoms with van der Waals surface area (Å²) in [4.78, 5) is 27.0. The highest BCUT2D eigenvalue weighted by Crippen LogP contribution is 2.28. The Morgan fingerprint density at radius 3 is 2.91 bits per heavy atom. The Morgan fingerprint density at radius 1 is 1.27 bits per heavy atom. The van der Waals surface area contributed by atoms with Crippen molar-refractivity contribution in [1.82, 2.24) is 4.98 Å². The van der Waals surface area contributed by atoms with E-state index in [0.717, 1.165) is 25.0 Å². The average molecular weight is 298 g/mol. The van der Waals surface area contributed by atoms with Gasteiger partial charge in [0, 0.05) is 16.8 Å². The van der Waals surface area contributed by atoms with Gasteiger partial charge >= 0.3 is 6.09 Å². The Morgan fingerprint density at radius 2 is 2.09 bits per heavy atom. The second-order valence-corrected chi connectivity index (χ2v) is 5.26. The molecule has 0 saturated heterocycles. The van der Waals surface area contributed by atoms with E-state index < -0.39 is 6.09 Å². The highest BCUT2D eigenvalue weighted by atomic mass is 16.5. The molecule has 1 aromatic heterocycles. The van der Waals surface area contributed by atoms with Crippen LogP contribution in [0, 0.1) is 0 Å². The van der Waals surface area contributed by atoms with Crippen LogP contribution in [0.3, 0.4) is 0 Å². The third-order valence-corrected chi connectivity index (χ3v) is 3.82. The van der Waals surface area contributed by atoms with E-state index in [1.807, 2.05) is 24.3 Å². The number of aryl methyl sites for hydroxylation is 2. The van der Waals surface area contributed by atoms with Crippen molar-refractivity contribution in [3.05, 3.63) is 51.9 Å². The first-order chi connectivity index (χ1) is 10.7. The van der Waals surface area contributed by atoms with Crippen LogP contribution in [0.5, 0.6) is 0 Å². The Bertz CT molecular complexity index is 765. The number of ether oxygens (including phenoxy) is 1. The summed E-state index contributed by atoms with van der Waals surface area (Å²) in [6.45, 7) is 2.05. The van der Waals surface area contributed by atoms with Crippen LogP contribution in [-0.4, -0.2) is 17.7 Å². The molecular formula is C17H18N2O3. The first-order valence-electron chi connectivity index (χ1n) is 7.47. The van der Waals surface area contributed by atoms with Crippen LogP contribution in [0.15, 0.2) is 35.1 Å². The normalized spacial score (nSPS) is 12.8. The zero-order valence-corrected chi connectivity index (χ0v) is 12.4. The van der Waals surface area contributed by atoms with Gasteiger partial charge in [0.2, 0.25) is 0 Å². The summed E-state index contributed by atoms with van der Waals surface area (Å²) in [6, 6.07) is 9.18. The number of amides is 1. The van der Waals surface area contributed by atoms with Crippen molar-refractivity contribution in [2.75, 3.05) is 11.9 Å². The number of aromatic amines is 1. The number of rotatable bonds is 3. The van der Waals surface area contributed by atoms with Crippen LogP contribution >= 0.6 is 0 Å². The predicted octanol–water partition coefficient (Wildman–Crippen LogP) is 3.10. The van der Waals surface area contributed by atoms with Crippen molar-refractivity contribution in [2.24, 2.45) is 0 Å². The molecule has 0 saturated carbocycles. The van der Waals surface area contributed by atoms with Gasteiger partial charge in [0.05, 0.1) is 12.3 Å². The Labute approximate surface area is 128 Å². The number of carbonyl (C=O) groups excluding carboxylic acids is 1. The van der Waals surface area contributed by atoms with E-state index in [4.69, 9.17) is 4.74 Å². The third kappa shape index (κ3) is 2.74.